The molecule has 0 aromatic heterocycles. The number of carboxylic acid groups (broad SMARTS) is 3. The van der Waals surface area contributed by atoms with Crippen LogP contribution in [0.4, 0.5) is 0 Å². The average Bonchev–Trinajstić information content (AvgIpc) is 1.98. The summed E-state index contributed by atoms with van der Waals surface area (Å²) in [6.07, 6.45) is -3.13. The van der Waals surface area contributed by atoms with E-state index in [2.05, 4.69) is 5.73 Å². The molecule has 0 saturated carbocycles. The zero-order chi connectivity index (χ0) is 14.2. The van der Waals surface area contributed by atoms with E-state index in [-0.39, 0.29) is 0 Å². The fraction of sp³-hybridized carbons (Fsp3) is 0.625. The highest BCUT2D eigenvalue weighted by Crippen LogP contribution is 2.13. The van der Waals surface area contributed by atoms with Gasteiger partial charge in [0.1, 0.15) is 5.60 Å². The third-order valence-corrected chi connectivity index (χ3v) is 1.25. The normalized spacial score (nSPS) is 12.0. The molecule has 0 fully saturated rings. The summed E-state index contributed by atoms with van der Waals surface area (Å²) in [5.41, 5.74) is 0.220. The third-order valence-electron chi connectivity index (χ3n) is 1.25. The molecule has 100 valence electrons. The fourth-order valence-electron chi connectivity index (χ4n) is 0.684. The Morgan fingerprint density at radius 2 is 1.41 bits per heavy atom. The summed E-state index contributed by atoms with van der Waals surface area (Å²) in [4.78, 5) is 30.0. The molecule has 0 aromatic carbocycles. The van der Waals surface area contributed by atoms with Crippen LogP contribution < -0.4 is 21.1 Å². The molecule has 0 radical (unpaired) electrons. The maximum Gasteiger partial charge on any atom is 0.182 e. The number of aliphatic hydroxyl groups is 2. The van der Waals surface area contributed by atoms with E-state index in [4.69, 9.17) is 10.2 Å². The van der Waals surface area contributed by atoms with Crippen molar-refractivity contribution in [1.29, 1.82) is 0 Å². The lowest BCUT2D eigenvalue weighted by Gasteiger charge is -2.29. The zero-order valence-corrected chi connectivity index (χ0v) is 9.04. The van der Waals surface area contributed by atoms with Gasteiger partial charge in [0.15, 0.2) is 6.23 Å². The predicted octanol–water partition coefficient (Wildman–Crippen LogP) is -6.69. The number of aliphatic carboxylic acids is 3. The summed E-state index contributed by atoms with van der Waals surface area (Å²) in [5.74, 6) is -5.98. The van der Waals surface area contributed by atoms with Crippen molar-refractivity contribution in [2.45, 2.75) is 31.6 Å². The van der Waals surface area contributed by atoms with Crippen LogP contribution in [-0.4, -0.2) is 39.9 Å². The lowest BCUT2D eigenvalue weighted by molar-refractivity contribution is -0.475. The van der Waals surface area contributed by atoms with Gasteiger partial charge in [-0.2, -0.15) is 0 Å². The highest BCUT2D eigenvalue weighted by atomic mass is 16.4. The molecule has 9 heteroatoms. The first-order valence-corrected chi connectivity index (χ1v) is 4.36. The van der Waals surface area contributed by atoms with Crippen LogP contribution in [0.15, 0.2) is 0 Å². The van der Waals surface area contributed by atoms with Crippen molar-refractivity contribution in [3.8, 4) is 0 Å². The summed E-state index contributed by atoms with van der Waals surface area (Å²) < 4.78 is 0. The van der Waals surface area contributed by atoms with E-state index in [9.17, 15) is 29.7 Å². The standard InChI is InChI=1S/C6H8O7.C2H7NO/c7-3(8)1-6(13,5(11)12)2-4(9)10;1-2(3)4/h13H,1-2H2,(H,7,8)(H,9,10)(H,11,12);2,4H,3H2,1H3/p-2. The third kappa shape index (κ3) is 10.6. The molecule has 0 aliphatic carbocycles. The minimum Gasteiger partial charge on any atom is -0.550 e. The molecule has 5 N–H and O–H groups in total. The Labute approximate surface area is 96.1 Å². The van der Waals surface area contributed by atoms with Gasteiger partial charge in [0, 0.05) is 31.7 Å². The summed E-state index contributed by atoms with van der Waals surface area (Å²) in [6, 6.07) is 0. The van der Waals surface area contributed by atoms with Crippen LogP contribution in [0.25, 0.3) is 0 Å². The number of hydrogen-bond acceptors (Lipinski definition) is 8. The Balaban J connectivity index is 0. The largest absolute Gasteiger partial charge is 0.550 e. The SMILES string of the molecule is CC([NH3+])O.O=C([O-])CC(O)(CC(=O)[O-])C(=O)[O-]. The molecular formula is C8H13NO8-2. The minimum atomic E-state index is -2.97. The second kappa shape index (κ2) is 7.54. The van der Waals surface area contributed by atoms with Crippen molar-refractivity contribution in [3.63, 3.8) is 0 Å². The van der Waals surface area contributed by atoms with Crippen molar-refractivity contribution >= 4 is 17.9 Å². The van der Waals surface area contributed by atoms with Gasteiger partial charge in [-0.3, -0.25) is 0 Å². The van der Waals surface area contributed by atoms with Gasteiger partial charge in [0.25, 0.3) is 0 Å². The maximum atomic E-state index is 10.1. The molecule has 0 aliphatic heterocycles. The van der Waals surface area contributed by atoms with Crippen molar-refractivity contribution in [2.24, 2.45) is 0 Å². The molecule has 0 spiro atoms. The highest BCUT2D eigenvalue weighted by molar-refractivity contribution is 5.86. The van der Waals surface area contributed by atoms with Crippen molar-refractivity contribution in [1.82, 2.24) is 0 Å². The molecule has 0 aliphatic rings. The molecule has 17 heavy (non-hydrogen) atoms. The molecule has 0 amide bonds. The summed E-state index contributed by atoms with van der Waals surface area (Å²) >= 11 is 0. The molecule has 0 rings (SSSR count). The molecule has 1 atom stereocenters. The summed E-state index contributed by atoms with van der Waals surface area (Å²) in [5, 5.41) is 46.9. The lowest BCUT2D eigenvalue weighted by atomic mass is 9.96. The average molecular weight is 251 g/mol. The number of carboxylic acids is 3. The minimum absolute atomic E-state index is 0.417. The van der Waals surface area contributed by atoms with E-state index >= 15 is 0 Å². The van der Waals surface area contributed by atoms with Crippen LogP contribution in [0.5, 0.6) is 0 Å². The molecule has 0 bridgehead atoms. The molecule has 0 saturated heterocycles. The van der Waals surface area contributed by atoms with Crippen LogP contribution in [0, 0.1) is 0 Å². The van der Waals surface area contributed by atoms with Crippen LogP contribution >= 0.6 is 0 Å². The van der Waals surface area contributed by atoms with E-state index < -0.39 is 42.6 Å². The van der Waals surface area contributed by atoms with Crippen molar-refractivity contribution in [2.75, 3.05) is 0 Å². The number of rotatable bonds is 5. The zero-order valence-electron chi connectivity index (χ0n) is 9.04. The molecule has 9 nitrogen and oxygen atoms in total. The Morgan fingerprint density at radius 1 is 1.18 bits per heavy atom. The Hall–Kier alpha value is -1.71. The first kappa shape index (κ1) is 17.7. The number of carbonyl (C=O) groups excluding carboxylic acids is 3. The topological polar surface area (TPSA) is 188 Å². The Morgan fingerprint density at radius 3 is 1.53 bits per heavy atom. The van der Waals surface area contributed by atoms with E-state index in [1.165, 1.54) is 0 Å². The predicted molar refractivity (Wildman–Crippen MR) is 43.8 cm³/mol. The molecule has 0 heterocycles. The van der Waals surface area contributed by atoms with Crippen LogP contribution in [0.3, 0.4) is 0 Å². The molecular weight excluding hydrogens is 238 g/mol. The van der Waals surface area contributed by atoms with Gasteiger partial charge in [0.2, 0.25) is 0 Å². The first-order valence-electron chi connectivity index (χ1n) is 4.36. The second-order valence-electron chi connectivity index (χ2n) is 3.27. The van der Waals surface area contributed by atoms with Crippen molar-refractivity contribution < 1.29 is 45.6 Å². The van der Waals surface area contributed by atoms with Crippen molar-refractivity contribution in [3.05, 3.63) is 0 Å². The van der Waals surface area contributed by atoms with Crippen LogP contribution in [0.1, 0.15) is 19.8 Å². The van der Waals surface area contributed by atoms with Gasteiger partial charge in [-0.1, -0.05) is 0 Å². The van der Waals surface area contributed by atoms with E-state index in [0.29, 0.717) is 0 Å². The highest BCUT2D eigenvalue weighted by Gasteiger charge is 2.29. The van der Waals surface area contributed by atoms with Crippen LogP contribution in [-0.2, 0) is 14.4 Å². The van der Waals surface area contributed by atoms with Gasteiger partial charge < -0.3 is 45.6 Å². The van der Waals surface area contributed by atoms with E-state index in [1.54, 1.807) is 6.92 Å². The number of quaternary nitrogens is 1. The first-order chi connectivity index (χ1) is 7.51. The number of hydrogen-bond donors (Lipinski definition) is 3. The Kier molecular flexibility index (Phi) is 7.85. The smallest absolute Gasteiger partial charge is 0.182 e. The van der Waals surface area contributed by atoms with Gasteiger partial charge in [0.05, 0.1) is 5.97 Å². The number of aliphatic hydroxyl groups excluding tert-OH is 1. The van der Waals surface area contributed by atoms with Gasteiger partial charge in [-0.25, -0.2) is 0 Å². The second-order valence-corrected chi connectivity index (χ2v) is 3.27. The van der Waals surface area contributed by atoms with Crippen LogP contribution in [0.2, 0.25) is 0 Å². The van der Waals surface area contributed by atoms with Gasteiger partial charge >= 0.3 is 0 Å². The fourth-order valence-corrected chi connectivity index (χ4v) is 0.684. The molecule has 0 aromatic rings. The maximum absolute atomic E-state index is 10.1. The summed E-state index contributed by atoms with van der Waals surface area (Å²) in [6.45, 7) is 1.61. The molecule has 1 unspecified atom stereocenters. The number of carbonyl (C=O) groups is 3. The Bertz CT molecular complexity index is 268. The monoisotopic (exact) mass is 251 g/mol. The van der Waals surface area contributed by atoms with E-state index in [1.807, 2.05) is 0 Å². The van der Waals surface area contributed by atoms with Gasteiger partial charge in [-0.15, -0.1) is 0 Å². The van der Waals surface area contributed by atoms with Gasteiger partial charge in [-0.05, 0) is 0 Å². The summed E-state index contributed by atoms with van der Waals surface area (Å²) in [7, 11) is 0. The lowest BCUT2D eigenvalue weighted by Crippen LogP contribution is -2.58. The van der Waals surface area contributed by atoms with E-state index in [0.717, 1.165) is 0 Å². The quantitative estimate of drug-likeness (QED) is 0.401.